The van der Waals surface area contributed by atoms with Gasteiger partial charge < -0.3 is 9.64 Å². The average molecular weight is 287 g/mol. The third-order valence-electron chi connectivity index (χ3n) is 3.61. The summed E-state index contributed by atoms with van der Waals surface area (Å²) in [5.74, 6) is 0.998. The first-order chi connectivity index (χ1) is 10.3. The standard InChI is InChI=1S/C16H18FN3O/c17-13-7-3-4-8-14(13)21-16-11-15(18-12-19-16)20-9-5-1-2-6-10-20/h3-4,7-8,11-12H,1-2,5-6,9-10H2. The number of nitrogens with zero attached hydrogens (tertiary/aromatic N) is 3. The molecule has 0 radical (unpaired) electrons. The van der Waals surface area contributed by atoms with E-state index in [1.165, 1.54) is 38.1 Å². The second kappa shape index (κ2) is 6.52. The van der Waals surface area contributed by atoms with E-state index in [4.69, 9.17) is 4.74 Å². The van der Waals surface area contributed by atoms with Crippen LogP contribution in [0.5, 0.6) is 11.6 Å². The number of hydrogen-bond acceptors (Lipinski definition) is 4. The lowest BCUT2D eigenvalue weighted by molar-refractivity contribution is 0.426. The molecule has 0 atom stereocenters. The molecule has 5 heteroatoms. The number of benzene rings is 1. The van der Waals surface area contributed by atoms with E-state index in [9.17, 15) is 4.39 Å². The van der Waals surface area contributed by atoms with Crippen LogP contribution in [0, 0.1) is 5.82 Å². The topological polar surface area (TPSA) is 38.2 Å². The third kappa shape index (κ3) is 3.48. The molecule has 0 spiro atoms. The fourth-order valence-electron chi connectivity index (χ4n) is 2.50. The lowest BCUT2D eigenvalue weighted by Crippen LogP contribution is -2.24. The third-order valence-corrected chi connectivity index (χ3v) is 3.61. The summed E-state index contributed by atoms with van der Waals surface area (Å²) in [6, 6.07) is 8.09. The molecular weight excluding hydrogens is 269 g/mol. The van der Waals surface area contributed by atoms with Crippen LogP contribution in [0.25, 0.3) is 0 Å². The molecule has 2 heterocycles. The molecule has 0 unspecified atom stereocenters. The number of anilines is 1. The molecule has 0 bridgehead atoms. The Kier molecular flexibility index (Phi) is 4.28. The summed E-state index contributed by atoms with van der Waals surface area (Å²) < 4.78 is 19.1. The van der Waals surface area contributed by atoms with E-state index in [0.29, 0.717) is 5.88 Å². The lowest BCUT2D eigenvalue weighted by atomic mass is 10.2. The van der Waals surface area contributed by atoms with Gasteiger partial charge in [-0.1, -0.05) is 25.0 Å². The molecule has 3 rings (SSSR count). The molecule has 0 amide bonds. The van der Waals surface area contributed by atoms with E-state index in [-0.39, 0.29) is 5.75 Å². The molecule has 1 aromatic heterocycles. The van der Waals surface area contributed by atoms with Gasteiger partial charge in [-0.2, -0.15) is 0 Å². The minimum Gasteiger partial charge on any atom is -0.436 e. The summed E-state index contributed by atoms with van der Waals surface area (Å²) in [6.45, 7) is 1.99. The van der Waals surface area contributed by atoms with Gasteiger partial charge in [0.05, 0.1) is 0 Å². The molecule has 0 aliphatic carbocycles. The second-order valence-electron chi connectivity index (χ2n) is 5.15. The van der Waals surface area contributed by atoms with Crippen LogP contribution in [0.1, 0.15) is 25.7 Å². The number of ether oxygens (including phenoxy) is 1. The van der Waals surface area contributed by atoms with Crippen molar-refractivity contribution in [2.75, 3.05) is 18.0 Å². The maximum Gasteiger partial charge on any atom is 0.224 e. The Morgan fingerprint density at radius 3 is 2.52 bits per heavy atom. The predicted molar refractivity (Wildman–Crippen MR) is 79.2 cm³/mol. The van der Waals surface area contributed by atoms with Crippen LogP contribution in [-0.4, -0.2) is 23.1 Å². The zero-order chi connectivity index (χ0) is 14.5. The van der Waals surface area contributed by atoms with Gasteiger partial charge >= 0.3 is 0 Å². The van der Waals surface area contributed by atoms with Gasteiger partial charge in [0.1, 0.15) is 12.1 Å². The fraction of sp³-hybridized carbons (Fsp3) is 0.375. The average Bonchev–Trinajstić information content (AvgIpc) is 2.79. The van der Waals surface area contributed by atoms with E-state index < -0.39 is 5.82 Å². The smallest absolute Gasteiger partial charge is 0.224 e. The Morgan fingerprint density at radius 2 is 1.76 bits per heavy atom. The molecule has 1 aromatic carbocycles. The molecule has 21 heavy (non-hydrogen) atoms. The SMILES string of the molecule is Fc1ccccc1Oc1cc(N2CCCCCC2)ncn1. The number of hydrogen-bond donors (Lipinski definition) is 0. The minimum atomic E-state index is -0.396. The van der Waals surface area contributed by atoms with Crippen LogP contribution in [0.4, 0.5) is 10.2 Å². The van der Waals surface area contributed by atoms with E-state index in [1.807, 2.05) is 0 Å². The highest BCUT2D eigenvalue weighted by molar-refractivity contribution is 5.42. The highest BCUT2D eigenvalue weighted by Gasteiger charge is 2.13. The molecule has 110 valence electrons. The van der Waals surface area contributed by atoms with Crippen LogP contribution in [0.2, 0.25) is 0 Å². The molecule has 2 aromatic rings. The van der Waals surface area contributed by atoms with Gasteiger partial charge in [-0.3, -0.25) is 0 Å². The summed E-state index contributed by atoms with van der Waals surface area (Å²) in [5, 5.41) is 0. The molecule has 0 saturated carbocycles. The van der Waals surface area contributed by atoms with E-state index in [2.05, 4.69) is 14.9 Å². The van der Waals surface area contributed by atoms with Crippen molar-refractivity contribution in [2.45, 2.75) is 25.7 Å². The van der Waals surface area contributed by atoms with Crippen LogP contribution >= 0.6 is 0 Å². The molecule has 4 nitrogen and oxygen atoms in total. The first-order valence-corrected chi connectivity index (χ1v) is 7.32. The first-order valence-electron chi connectivity index (χ1n) is 7.32. The Balaban J connectivity index is 1.78. The highest BCUT2D eigenvalue weighted by Crippen LogP contribution is 2.25. The molecule has 1 saturated heterocycles. The minimum absolute atomic E-state index is 0.179. The quantitative estimate of drug-likeness (QED) is 0.861. The summed E-state index contributed by atoms with van der Waals surface area (Å²) in [7, 11) is 0. The van der Waals surface area contributed by atoms with Crippen molar-refractivity contribution < 1.29 is 9.13 Å². The highest BCUT2D eigenvalue weighted by atomic mass is 19.1. The number of aromatic nitrogens is 2. The zero-order valence-electron chi connectivity index (χ0n) is 11.8. The normalized spacial score (nSPS) is 15.6. The fourth-order valence-corrected chi connectivity index (χ4v) is 2.50. The van der Waals surface area contributed by atoms with Crippen molar-refractivity contribution in [3.8, 4) is 11.6 Å². The van der Waals surface area contributed by atoms with E-state index in [1.54, 1.807) is 24.3 Å². The summed E-state index contributed by atoms with van der Waals surface area (Å²) >= 11 is 0. The molecule has 1 aliphatic rings. The Labute approximate surface area is 123 Å². The zero-order valence-corrected chi connectivity index (χ0v) is 11.8. The van der Waals surface area contributed by atoms with Crippen LogP contribution < -0.4 is 9.64 Å². The van der Waals surface area contributed by atoms with Crippen molar-refractivity contribution in [2.24, 2.45) is 0 Å². The summed E-state index contributed by atoms with van der Waals surface area (Å²) in [4.78, 5) is 10.6. The Hall–Kier alpha value is -2.17. The van der Waals surface area contributed by atoms with Crippen LogP contribution in [-0.2, 0) is 0 Å². The van der Waals surface area contributed by atoms with Crippen molar-refractivity contribution in [3.63, 3.8) is 0 Å². The molecule has 0 N–H and O–H groups in total. The first kappa shape index (κ1) is 13.8. The van der Waals surface area contributed by atoms with Gasteiger partial charge in [-0.25, -0.2) is 14.4 Å². The van der Waals surface area contributed by atoms with Gasteiger partial charge in [0, 0.05) is 19.2 Å². The van der Waals surface area contributed by atoms with Crippen molar-refractivity contribution >= 4 is 5.82 Å². The summed E-state index contributed by atoms with van der Waals surface area (Å²) in [5.41, 5.74) is 0. The number of halogens is 1. The van der Waals surface area contributed by atoms with Crippen molar-refractivity contribution in [1.29, 1.82) is 0 Å². The van der Waals surface area contributed by atoms with E-state index >= 15 is 0 Å². The Bertz CT molecular complexity index is 598. The van der Waals surface area contributed by atoms with Crippen molar-refractivity contribution in [3.05, 3.63) is 42.5 Å². The molecule has 1 fully saturated rings. The van der Waals surface area contributed by atoms with E-state index in [0.717, 1.165) is 18.9 Å². The molecular formula is C16H18FN3O. The van der Waals surface area contributed by atoms with Crippen LogP contribution in [0.15, 0.2) is 36.7 Å². The molecule has 1 aliphatic heterocycles. The van der Waals surface area contributed by atoms with Crippen molar-refractivity contribution in [1.82, 2.24) is 9.97 Å². The summed E-state index contributed by atoms with van der Waals surface area (Å²) in [6.07, 6.45) is 6.34. The number of rotatable bonds is 3. The monoisotopic (exact) mass is 287 g/mol. The van der Waals surface area contributed by atoms with Gasteiger partial charge in [-0.05, 0) is 25.0 Å². The second-order valence-corrected chi connectivity index (χ2v) is 5.15. The van der Waals surface area contributed by atoms with Gasteiger partial charge in [0.15, 0.2) is 11.6 Å². The maximum absolute atomic E-state index is 13.6. The van der Waals surface area contributed by atoms with Gasteiger partial charge in [0.2, 0.25) is 5.88 Å². The maximum atomic E-state index is 13.6. The van der Waals surface area contributed by atoms with Gasteiger partial charge in [-0.15, -0.1) is 0 Å². The Morgan fingerprint density at radius 1 is 1.00 bits per heavy atom. The van der Waals surface area contributed by atoms with Crippen LogP contribution in [0.3, 0.4) is 0 Å². The van der Waals surface area contributed by atoms with Gasteiger partial charge in [0.25, 0.3) is 0 Å². The largest absolute Gasteiger partial charge is 0.436 e. The predicted octanol–water partition coefficient (Wildman–Crippen LogP) is 3.79. The number of para-hydroxylation sites is 1. The lowest BCUT2D eigenvalue weighted by Gasteiger charge is -2.21.